The third-order valence-corrected chi connectivity index (χ3v) is 6.32. The summed E-state index contributed by atoms with van der Waals surface area (Å²) in [6.45, 7) is 8.89. The lowest BCUT2D eigenvalue weighted by Crippen LogP contribution is -2.57. The molecule has 0 saturated carbocycles. The molecule has 1 aromatic carbocycles. The molecule has 1 heterocycles. The SMILES string of the molecule is CCOc1cc(C(=O)N2CC(S(=O)(=O)CC)C2)cc(OCC)c1OCC. The van der Waals surface area contributed by atoms with Gasteiger partial charge in [0.2, 0.25) is 5.75 Å². The number of benzene rings is 1. The van der Waals surface area contributed by atoms with Crippen molar-refractivity contribution in [3.8, 4) is 17.2 Å². The van der Waals surface area contributed by atoms with Gasteiger partial charge in [0.1, 0.15) is 0 Å². The maximum absolute atomic E-state index is 12.7. The number of nitrogens with zero attached hydrogens (tertiary/aromatic N) is 1. The molecule has 0 aromatic heterocycles. The third-order valence-electron chi connectivity index (χ3n) is 4.20. The molecule has 2 rings (SSSR count). The summed E-state index contributed by atoms with van der Waals surface area (Å²) in [7, 11) is -3.12. The normalized spacial score (nSPS) is 14.7. The Morgan fingerprint density at radius 1 is 1.00 bits per heavy atom. The van der Waals surface area contributed by atoms with E-state index in [9.17, 15) is 13.2 Å². The molecule has 0 bridgehead atoms. The summed E-state index contributed by atoms with van der Waals surface area (Å²) < 4.78 is 40.6. The highest BCUT2D eigenvalue weighted by Gasteiger charge is 2.39. The Balaban J connectivity index is 2.27. The molecular weight excluding hydrogens is 358 g/mol. The van der Waals surface area contributed by atoms with E-state index in [1.165, 1.54) is 4.90 Å². The molecule has 0 radical (unpaired) electrons. The van der Waals surface area contributed by atoms with Gasteiger partial charge in [-0.15, -0.1) is 0 Å². The monoisotopic (exact) mass is 385 g/mol. The van der Waals surface area contributed by atoms with Crippen LogP contribution in [-0.2, 0) is 9.84 Å². The second-order valence-electron chi connectivity index (χ2n) is 5.88. The van der Waals surface area contributed by atoms with Crippen LogP contribution >= 0.6 is 0 Å². The predicted octanol–water partition coefficient (Wildman–Crippen LogP) is 2.14. The number of sulfone groups is 1. The summed E-state index contributed by atoms with van der Waals surface area (Å²) in [5.74, 6) is 1.22. The summed E-state index contributed by atoms with van der Waals surface area (Å²) >= 11 is 0. The number of amides is 1. The number of hydrogen-bond donors (Lipinski definition) is 0. The van der Waals surface area contributed by atoms with E-state index in [2.05, 4.69) is 0 Å². The van der Waals surface area contributed by atoms with Gasteiger partial charge in [0.05, 0.1) is 25.1 Å². The Hall–Kier alpha value is -1.96. The topological polar surface area (TPSA) is 82.1 Å². The highest BCUT2D eigenvalue weighted by Crippen LogP contribution is 2.39. The molecule has 7 nitrogen and oxygen atoms in total. The van der Waals surface area contributed by atoms with Crippen LogP contribution in [0.15, 0.2) is 12.1 Å². The van der Waals surface area contributed by atoms with Crippen LogP contribution in [0.25, 0.3) is 0 Å². The van der Waals surface area contributed by atoms with Crippen molar-refractivity contribution in [2.45, 2.75) is 32.9 Å². The van der Waals surface area contributed by atoms with Crippen molar-refractivity contribution in [2.75, 3.05) is 38.7 Å². The van der Waals surface area contributed by atoms with Crippen LogP contribution in [0.3, 0.4) is 0 Å². The third kappa shape index (κ3) is 4.23. The number of rotatable bonds is 9. The Bertz CT molecular complexity index is 713. The maximum atomic E-state index is 12.7. The minimum absolute atomic E-state index is 0.0890. The molecule has 0 atom stereocenters. The first-order valence-electron chi connectivity index (χ1n) is 8.95. The summed E-state index contributed by atoms with van der Waals surface area (Å²) in [5.41, 5.74) is 0.396. The van der Waals surface area contributed by atoms with E-state index >= 15 is 0 Å². The minimum atomic E-state index is -3.12. The summed E-state index contributed by atoms with van der Waals surface area (Å²) in [6, 6.07) is 3.25. The lowest BCUT2D eigenvalue weighted by Gasteiger charge is -2.38. The van der Waals surface area contributed by atoms with Gasteiger partial charge in [0.15, 0.2) is 21.3 Å². The fraction of sp³-hybridized carbons (Fsp3) is 0.611. The fourth-order valence-electron chi connectivity index (χ4n) is 2.76. The van der Waals surface area contributed by atoms with Crippen molar-refractivity contribution >= 4 is 15.7 Å². The summed E-state index contributed by atoms with van der Waals surface area (Å²) in [6.07, 6.45) is 0. The molecule has 1 aliphatic heterocycles. The van der Waals surface area contributed by atoms with Crippen LogP contribution in [0.4, 0.5) is 0 Å². The Morgan fingerprint density at radius 2 is 1.50 bits per heavy atom. The van der Waals surface area contributed by atoms with Gasteiger partial charge in [0, 0.05) is 24.4 Å². The highest BCUT2D eigenvalue weighted by atomic mass is 32.2. The maximum Gasteiger partial charge on any atom is 0.254 e. The van der Waals surface area contributed by atoms with E-state index in [0.717, 1.165) is 0 Å². The molecule has 1 aliphatic rings. The van der Waals surface area contributed by atoms with Crippen LogP contribution in [0.5, 0.6) is 17.2 Å². The lowest BCUT2D eigenvalue weighted by molar-refractivity contribution is 0.0658. The Kier molecular flexibility index (Phi) is 6.75. The van der Waals surface area contributed by atoms with Gasteiger partial charge in [-0.25, -0.2) is 8.42 Å². The van der Waals surface area contributed by atoms with Gasteiger partial charge in [-0.05, 0) is 32.9 Å². The second kappa shape index (κ2) is 8.62. The number of carbonyl (C=O) groups excluding carboxylic acids is 1. The van der Waals surface area contributed by atoms with E-state index in [4.69, 9.17) is 14.2 Å². The molecule has 1 amide bonds. The Labute approximate surface area is 155 Å². The van der Waals surface area contributed by atoms with Crippen LogP contribution in [0.2, 0.25) is 0 Å². The van der Waals surface area contributed by atoms with Crippen molar-refractivity contribution in [3.05, 3.63) is 17.7 Å². The molecule has 1 aromatic rings. The predicted molar refractivity (Wildman–Crippen MR) is 99.1 cm³/mol. The quantitative estimate of drug-likeness (QED) is 0.648. The molecule has 0 aliphatic carbocycles. The molecule has 0 N–H and O–H groups in total. The number of hydrogen-bond acceptors (Lipinski definition) is 6. The molecule has 8 heteroatoms. The molecule has 1 fully saturated rings. The van der Waals surface area contributed by atoms with Crippen molar-refractivity contribution in [3.63, 3.8) is 0 Å². The fourth-order valence-corrected chi connectivity index (χ4v) is 4.05. The lowest BCUT2D eigenvalue weighted by atomic mass is 10.1. The van der Waals surface area contributed by atoms with Gasteiger partial charge in [-0.3, -0.25) is 4.79 Å². The van der Waals surface area contributed by atoms with E-state index in [1.54, 1.807) is 19.1 Å². The molecule has 0 spiro atoms. The first-order valence-corrected chi connectivity index (χ1v) is 10.7. The molecule has 146 valence electrons. The first kappa shape index (κ1) is 20.4. The smallest absolute Gasteiger partial charge is 0.254 e. The Morgan fingerprint density at radius 3 is 1.92 bits per heavy atom. The summed E-state index contributed by atoms with van der Waals surface area (Å²) in [4.78, 5) is 14.3. The van der Waals surface area contributed by atoms with Gasteiger partial charge < -0.3 is 19.1 Å². The standard InChI is InChI=1S/C18H27NO6S/c1-5-23-15-9-13(10-16(24-6-2)17(15)25-7-3)18(20)19-11-14(12-19)26(21,22)8-4/h9-10,14H,5-8,11-12H2,1-4H3. The first-order chi connectivity index (χ1) is 12.4. The zero-order valence-corrected chi connectivity index (χ0v) is 16.6. The van der Waals surface area contributed by atoms with Crippen molar-refractivity contribution in [2.24, 2.45) is 0 Å². The van der Waals surface area contributed by atoms with Gasteiger partial charge >= 0.3 is 0 Å². The number of likely N-dealkylation sites (tertiary alicyclic amines) is 1. The van der Waals surface area contributed by atoms with Gasteiger partial charge in [-0.2, -0.15) is 0 Å². The average Bonchev–Trinajstić information content (AvgIpc) is 2.56. The zero-order chi connectivity index (χ0) is 19.3. The van der Waals surface area contributed by atoms with Crippen LogP contribution in [-0.4, -0.2) is 63.1 Å². The van der Waals surface area contributed by atoms with Crippen molar-refractivity contribution in [1.29, 1.82) is 0 Å². The molecule has 1 saturated heterocycles. The molecular formula is C18H27NO6S. The van der Waals surface area contributed by atoms with E-state index < -0.39 is 15.1 Å². The minimum Gasteiger partial charge on any atom is -0.490 e. The second-order valence-corrected chi connectivity index (χ2v) is 8.45. The van der Waals surface area contributed by atoms with Gasteiger partial charge in [-0.1, -0.05) is 6.92 Å². The van der Waals surface area contributed by atoms with E-state index in [1.807, 2.05) is 20.8 Å². The van der Waals surface area contributed by atoms with Crippen LogP contribution < -0.4 is 14.2 Å². The highest BCUT2D eigenvalue weighted by molar-refractivity contribution is 7.92. The molecule has 0 unspecified atom stereocenters. The zero-order valence-electron chi connectivity index (χ0n) is 15.8. The molecule has 26 heavy (non-hydrogen) atoms. The van der Waals surface area contributed by atoms with Crippen molar-refractivity contribution in [1.82, 2.24) is 4.90 Å². The number of carbonyl (C=O) groups is 1. The van der Waals surface area contributed by atoms with E-state index in [-0.39, 0.29) is 24.7 Å². The van der Waals surface area contributed by atoms with Gasteiger partial charge in [0.25, 0.3) is 5.91 Å². The summed E-state index contributed by atoms with van der Waals surface area (Å²) in [5, 5.41) is -0.475. The average molecular weight is 385 g/mol. The van der Waals surface area contributed by atoms with Crippen LogP contribution in [0.1, 0.15) is 38.1 Å². The van der Waals surface area contributed by atoms with Crippen molar-refractivity contribution < 1.29 is 27.4 Å². The number of ether oxygens (including phenoxy) is 3. The van der Waals surface area contributed by atoms with Crippen LogP contribution in [0, 0.1) is 0 Å². The van der Waals surface area contributed by atoms with E-state index in [0.29, 0.717) is 42.6 Å². The largest absolute Gasteiger partial charge is 0.490 e.